The van der Waals surface area contributed by atoms with E-state index in [-0.39, 0.29) is 5.41 Å². The summed E-state index contributed by atoms with van der Waals surface area (Å²) in [6.07, 6.45) is 2.52. The van der Waals surface area contributed by atoms with Crippen molar-refractivity contribution in [2.45, 2.75) is 45.2 Å². The maximum atomic E-state index is 2.52. The van der Waals surface area contributed by atoms with E-state index in [4.69, 9.17) is 0 Å². The molecule has 0 radical (unpaired) electrons. The molecule has 2 aliphatic rings. The summed E-state index contributed by atoms with van der Waals surface area (Å²) < 4.78 is 2.52. The monoisotopic (exact) mass is 552 g/mol. The van der Waals surface area contributed by atoms with Gasteiger partial charge in [0.2, 0.25) is 0 Å². The van der Waals surface area contributed by atoms with Crippen LogP contribution in [-0.2, 0) is 22.9 Å². The van der Waals surface area contributed by atoms with Crippen molar-refractivity contribution in [3.63, 3.8) is 0 Å². The fraction of sp³-hybridized carbons (Fsp3) is 0.308. The topological polar surface area (TPSA) is 0 Å². The van der Waals surface area contributed by atoms with Gasteiger partial charge >= 0.3 is 184 Å². The Morgan fingerprint density at radius 2 is 1.54 bits per heavy atom. The zero-order valence-corrected chi connectivity index (χ0v) is 22.4. The summed E-state index contributed by atoms with van der Waals surface area (Å²) in [7, 11) is 0.792. The van der Waals surface area contributed by atoms with Crippen molar-refractivity contribution in [3.05, 3.63) is 90.6 Å². The van der Waals surface area contributed by atoms with Gasteiger partial charge in [0, 0.05) is 0 Å². The Kier molecular flexibility index (Phi) is 5.54. The summed E-state index contributed by atoms with van der Waals surface area (Å²) in [5.41, 5.74) is 9.48. The van der Waals surface area contributed by atoms with Crippen LogP contribution in [0.2, 0.25) is 0 Å². The fourth-order valence-corrected chi connectivity index (χ4v) is 14.0. The van der Waals surface area contributed by atoms with E-state index in [0.717, 1.165) is 8.58 Å². The molecule has 0 bridgehead atoms. The van der Waals surface area contributed by atoms with E-state index >= 15 is 0 Å². The second-order valence-electron chi connectivity index (χ2n) is 8.62. The predicted octanol–water partition coefficient (Wildman–Crippen LogP) is 7.13. The zero-order valence-electron chi connectivity index (χ0n) is 17.8. The van der Waals surface area contributed by atoms with E-state index in [9.17, 15) is 0 Å². The van der Waals surface area contributed by atoms with Gasteiger partial charge in [-0.15, -0.1) is 0 Å². The van der Waals surface area contributed by atoms with Crippen LogP contribution in [0.3, 0.4) is 0 Å². The SMILES string of the molecule is CC1=C(C)C(C)(C)[C]([Hf][CH]2C(Pc3ccccc3C)=Cc3ccccc32)=C1C. The third kappa shape index (κ3) is 3.40. The summed E-state index contributed by atoms with van der Waals surface area (Å²) in [6, 6.07) is 18.1. The summed E-state index contributed by atoms with van der Waals surface area (Å²) in [4.78, 5) is 0. The van der Waals surface area contributed by atoms with Crippen molar-refractivity contribution in [2.24, 2.45) is 5.41 Å². The minimum absolute atomic E-state index is 0.256. The van der Waals surface area contributed by atoms with Crippen LogP contribution in [0.1, 0.15) is 55.0 Å². The first-order valence-electron chi connectivity index (χ1n) is 10.1. The van der Waals surface area contributed by atoms with Crippen LogP contribution < -0.4 is 5.30 Å². The van der Waals surface area contributed by atoms with Crippen molar-refractivity contribution in [2.75, 3.05) is 0 Å². The molecule has 0 aromatic heterocycles. The molecule has 2 unspecified atom stereocenters. The first-order valence-corrected chi connectivity index (χ1v) is 15.0. The molecule has 142 valence electrons. The normalized spacial score (nSPS) is 20.9. The molecule has 2 atom stereocenters. The van der Waals surface area contributed by atoms with Crippen LogP contribution in [0.15, 0.2) is 73.9 Å². The fourth-order valence-electron chi connectivity index (χ4n) is 4.48. The molecule has 2 aliphatic carbocycles. The number of allylic oxidation sites excluding steroid dienone is 5. The van der Waals surface area contributed by atoms with E-state index in [1.807, 2.05) is 3.33 Å². The van der Waals surface area contributed by atoms with E-state index in [2.05, 4.69) is 96.1 Å². The second kappa shape index (κ2) is 7.66. The zero-order chi connectivity index (χ0) is 20.1. The van der Waals surface area contributed by atoms with Gasteiger partial charge < -0.3 is 0 Å². The summed E-state index contributed by atoms with van der Waals surface area (Å²) in [6.45, 7) is 14.2. The molecule has 0 heterocycles. The molecular formula is C26H29HfP. The first kappa shape index (κ1) is 20.2. The Bertz CT molecular complexity index is 1040. The van der Waals surface area contributed by atoms with Crippen molar-refractivity contribution < 1.29 is 22.9 Å². The van der Waals surface area contributed by atoms with Gasteiger partial charge in [0.15, 0.2) is 0 Å². The molecule has 2 aromatic rings. The van der Waals surface area contributed by atoms with Crippen molar-refractivity contribution in [3.8, 4) is 0 Å². The Hall–Kier alpha value is -1.04. The molecule has 0 N–H and O–H groups in total. The number of benzene rings is 2. The predicted molar refractivity (Wildman–Crippen MR) is 121 cm³/mol. The van der Waals surface area contributed by atoms with Gasteiger partial charge in [-0.1, -0.05) is 0 Å². The molecule has 0 saturated heterocycles. The molecule has 28 heavy (non-hydrogen) atoms. The van der Waals surface area contributed by atoms with E-state index in [0.29, 0.717) is 3.67 Å². The number of hydrogen-bond acceptors (Lipinski definition) is 0. The first-order chi connectivity index (χ1) is 13.3. The van der Waals surface area contributed by atoms with Crippen molar-refractivity contribution >= 4 is 20.0 Å². The number of rotatable bonds is 4. The quantitative estimate of drug-likeness (QED) is 0.281. The third-order valence-electron chi connectivity index (χ3n) is 6.70. The van der Waals surface area contributed by atoms with Crippen molar-refractivity contribution in [1.29, 1.82) is 0 Å². The number of fused-ring (bicyclic) bond motifs is 1. The Balaban J connectivity index is 1.72. The standard InChI is InChI=1S/C16H14P.C10H15.Hf/c1-12-6-2-5-9-16(12)17-15-10-13-7-3-4-8-14(13)11-15;1-7-6-10(4,5)9(3)8(7)2;/h2-11,17H,1H3;1-5H3;. The van der Waals surface area contributed by atoms with Gasteiger partial charge in [0.25, 0.3) is 0 Å². The van der Waals surface area contributed by atoms with Gasteiger partial charge in [-0.25, -0.2) is 0 Å². The summed E-state index contributed by atoms with van der Waals surface area (Å²) >= 11 is -1.10. The van der Waals surface area contributed by atoms with Gasteiger partial charge in [-0.05, 0) is 0 Å². The van der Waals surface area contributed by atoms with Gasteiger partial charge in [0.05, 0.1) is 0 Å². The Morgan fingerprint density at radius 3 is 2.21 bits per heavy atom. The molecule has 4 rings (SSSR count). The molecule has 0 spiro atoms. The molecule has 0 nitrogen and oxygen atoms in total. The summed E-state index contributed by atoms with van der Waals surface area (Å²) in [5, 5.41) is 3.19. The Labute approximate surface area is 183 Å². The minimum atomic E-state index is -1.10. The third-order valence-corrected chi connectivity index (χ3v) is 17.2. The van der Waals surface area contributed by atoms with Crippen LogP contribution >= 0.6 is 8.58 Å². The molecule has 0 aliphatic heterocycles. The molecule has 2 heteroatoms. The molecule has 0 fully saturated rings. The molecule has 2 aromatic carbocycles. The molecule has 0 amide bonds. The van der Waals surface area contributed by atoms with Crippen LogP contribution in [0, 0.1) is 12.3 Å². The van der Waals surface area contributed by atoms with Crippen LogP contribution in [-0.4, -0.2) is 0 Å². The van der Waals surface area contributed by atoms with Crippen LogP contribution in [0.5, 0.6) is 0 Å². The average molecular weight is 551 g/mol. The van der Waals surface area contributed by atoms with Crippen molar-refractivity contribution in [1.82, 2.24) is 0 Å². The maximum absolute atomic E-state index is 2.52. The Morgan fingerprint density at radius 1 is 0.857 bits per heavy atom. The van der Waals surface area contributed by atoms with Gasteiger partial charge in [-0.2, -0.15) is 0 Å². The molecule has 0 saturated carbocycles. The van der Waals surface area contributed by atoms with E-state index < -0.39 is 22.9 Å². The van der Waals surface area contributed by atoms with Crippen LogP contribution in [0.4, 0.5) is 0 Å². The summed E-state index contributed by atoms with van der Waals surface area (Å²) in [5.74, 6) is 0. The molecular weight excluding hydrogens is 522 g/mol. The number of hydrogen-bond donors (Lipinski definition) is 0. The van der Waals surface area contributed by atoms with Gasteiger partial charge in [-0.3, -0.25) is 0 Å². The number of aryl methyl sites for hydroxylation is 1. The van der Waals surface area contributed by atoms with Gasteiger partial charge in [0.1, 0.15) is 0 Å². The van der Waals surface area contributed by atoms with E-state index in [1.165, 1.54) is 16.4 Å². The second-order valence-corrected chi connectivity index (χ2v) is 14.9. The average Bonchev–Trinajstić information content (AvgIpc) is 3.08. The van der Waals surface area contributed by atoms with E-state index in [1.54, 1.807) is 27.6 Å². The van der Waals surface area contributed by atoms with Crippen LogP contribution in [0.25, 0.3) is 6.08 Å².